The Labute approximate surface area is 88.2 Å². The number of nitrogens with zero attached hydrogens (tertiary/aromatic N) is 1. The summed E-state index contributed by atoms with van der Waals surface area (Å²) in [6, 6.07) is 7.77. The lowest BCUT2D eigenvalue weighted by atomic mass is 10.2. The summed E-state index contributed by atoms with van der Waals surface area (Å²) in [6.45, 7) is 2.10. The maximum atomic E-state index is 10.1. The van der Waals surface area contributed by atoms with Crippen LogP contribution in [0.1, 0.15) is 17.5 Å². The highest BCUT2D eigenvalue weighted by Gasteiger charge is 1.94. The first kappa shape index (κ1) is 11.2. The Hall–Kier alpha value is -1.84. The summed E-state index contributed by atoms with van der Waals surface area (Å²) in [5.41, 5.74) is 2.11. The largest absolute Gasteiger partial charge is 0.481 e. The van der Waals surface area contributed by atoms with E-state index in [-0.39, 0.29) is 13.0 Å². The van der Waals surface area contributed by atoms with Crippen LogP contribution < -0.4 is 0 Å². The molecule has 0 bridgehead atoms. The first-order chi connectivity index (χ1) is 7.18. The van der Waals surface area contributed by atoms with Gasteiger partial charge in [0.25, 0.3) is 0 Å². The summed E-state index contributed by atoms with van der Waals surface area (Å²) in [5, 5.41) is 12.0. The summed E-state index contributed by atoms with van der Waals surface area (Å²) in [5.74, 6) is -0.888. The van der Waals surface area contributed by atoms with Crippen LogP contribution >= 0.6 is 0 Å². The SMILES string of the molecule is Cc1ccc(/C=N/OCCC(=O)O)cc1. The van der Waals surface area contributed by atoms with Crippen LogP contribution in [0.2, 0.25) is 0 Å². The number of aliphatic carboxylic acids is 1. The maximum Gasteiger partial charge on any atom is 0.306 e. The zero-order chi connectivity index (χ0) is 11.1. The van der Waals surface area contributed by atoms with Gasteiger partial charge in [0.2, 0.25) is 0 Å². The van der Waals surface area contributed by atoms with Crippen molar-refractivity contribution in [2.24, 2.45) is 5.16 Å². The monoisotopic (exact) mass is 207 g/mol. The van der Waals surface area contributed by atoms with Gasteiger partial charge in [-0.15, -0.1) is 0 Å². The lowest BCUT2D eigenvalue weighted by molar-refractivity contribution is -0.138. The van der Waals surface area contributed by atoms with Gasteiger partial charge >= 0.3 is 5.97 Å². The standard InChI is InChI=1S/C11H13NO3/c1-9-2-4-10(5-3-9)8-12-15-7-6-11(13)14/h2-5,8H,6-7H2,1H3,(H,13,14)/b12-8+. The number of benzene rings is 1. The second-order valence-electron chi connectivity index (χ2n) is 3.12. The highest BCUT2D eigenvalue weighted by atomic mass is 16.6. The molecule has 15 heavy (non-hydrogen) atoms. The summed E-state index contributed by atoms with van der Waals surface area (Å²) in [6.07, 6.45) is 1.52. The third kappa shape index (κ3) is 4.81. The van der Waals surface area contributed by atoms with E-state index in [1.54, 1.807) is 6.21 Å². The molecule has 1 N–H and O–H groups in total. The molecule has 1 rings (SSSR count). The number of aryl methyl sites for hydroxylation is 1. The van der Waals surface area contributed by atoms with Crippen molar-refractivity contribution in [3.8, 4) is 0 Å². The minimum absolute atomic E-state index is 0.0365. The summed E-state index contributed by atoms with van der Waals surface area (Å²) < 4.78 is 0. The molecule has 0 saturated carbocycles. The van der Waals surface area contributed by atoms with Crippen LogP contribution in [0.5, 0.6) is 0 Å². The van der Waals surface area contributed by atoms with E-state index in [1.165, 1.54) is 5.56 Å². The molecule has 80 valence electrons. The van der Waals surface area contributed by atoms with Crippen molar-refractivity contribution in [1.29, 1.82) is 0 Å². The fourth-order valence-corrected chi connectivity index (χ4v) is 0.936. The van der Waals surface area contributed by atoms with Crippen LogP contribution in [0, 0.1) is 6.92 Å². The fourth-order valence-electron chi connectivity index (χ4n) is 0.936. The Kier molecular flexibility index (Phi) is 4.34. The van der Waals surface area contributed by atoms with E-state index >= 15 is 0 Å². The van der Waals surface area contributed by atoms with Gasteiger partial charge in [0.15, 0.2) is 0 Å². The van der Waals surface area contributed by atoms with E-state index in [2.05, 4.69) is 5.16 Å². The van der Waals surface area contributed by atoms with Crippen LogP contribution in [0.25, 0.3) is 0 Å². The number of carboxylic acids is 1. The molecule has 4 nitrogen and oxygen atoms in total. The van der Waals surface area contributed by atoms with E-state index in [9.17, 15) is 4.79 Å². The number of carboxylic acid groups (broad SMARTS) is 1. The van der Waals surface area contributed by atoms with Gasteiger partial charge in [0, 0.05) is 0 Å². The van der Waals surface area contributed by atoms with Crippen LogP contribution in [0.15, 0.2) is 29.4 Å². The predicted molar refractivity (Wildman–Crippen MR) is 57.0 cm³/mol. The second kappa shape index (κ2) is 5.80. The van der Waals surface area contributed by atoms with Crippen LogP contribution in [0.4, 0.5) is 0 Å². The Morgan fingerprint density at radius 3 is 2.73 bits per heavy atom. The van der Waals surface area contributed by atoms with Gasteiger partial charge in [0.05, 0.1) is 12.6 Å². The minimum Gasteiger partial charge on any atom is -0.481 e. The average molecular weight is 207 g/mol. The lowest BCUT2D eigenvalue weighted by Gasteiger charge is -1.96. The van der Waals surface area contributed by atoms with Gasteiger partial charge < -0.3 is 9.94 Å². The van der Waals surface area contributed by atoms with E-state index in [1.807, 2.05) is 31.2 Å². The molecule has 0 atom stereocenters. The van der Waals surface area contributed by atoms with Crippen molar-refractivity contribution in [3.63, 3.8) is 0 Å². The molecule has 0 aliphatic heterocycles. The molecule has 0 aliphatic rings. The van der Waals surface area contributed by atoms with Crippen molar-refractivity contribution >= 4 is 12.2 Å². The maximum absolute atomic E-state index is 10.1. The first-order valence-electron chi connectivity index (χ1n) is 4.62. The van der Waals surface area contributed by atoms with Crippen LogP contribution in [-0.4, -0.2) is 23.9 Å². The summed E-state index contributed by atoms with van der Waals surface area (Å²) in [7, 11) is 0. The minimum atomic E-state index is -0.888. The topological polar surface area (TPSA) is 58.9 Å². The van der Waals surface area contributed by atoms with Gasteiger partial charge in [-0.1, -0.05) is 35.0 Å². The molecule has 1 aromatic rings. The van der Waals surface area contributed by atoms with Crippen LogP contribution in [0.3, 0.4) is 0 Å². The normalized spacial score (nSPS) is 10.5. The highest BCUT2D eigenvalue weighted by Crippen LogP contribution is 2.00. The van der Waals surface area contributed by atoms with E-state index in [0.717, 1.165) is 5.56 Å². The van der Waals surface area contributed by atoms with Crippen LogP contribution in [-0.2, 0) is 9.63 Å². The molecule has 0 saturated heterocycles. The van der Waals surface area contributed by atoms with Gasteiger partial charge in [-0.3, -0.25) is 4.79 Å². The van der Waals surface area contributed by atoms with Crippen molar-refractivity contribution in [2.45, 2.75) is 13.3 Å². The zero-order valence-corrected chi connectivity index (χ0v) is 8.51. The number of hydrogen-bond acceptors (Lipinski definition) is 3. The molecular formula is C11H13NO3. The quantitative estimate of drug-likeness (QED) is 0.455. The number of oxime groups is 1. The molecule has 0 heterocycles. The van der Waals surface area contributed by atoms with Gasteiger partial charge in [0.1, 0.15) is 6.61 Å². The second-order valence-corrected chi connectivity index (χ2v) is 3.12. The molecule has 0 amide bonds. The van der Waals surface area contributed by atoms with Crippen molar-refractivity contribution in [1.82, 2.24) is 0 Å². The van der Waals surface area contributed by atoms with E-state index in [0.29, 0.717) is 0 Å². The number of carbonyl (C=O) groups is 1. The predicted octanol–water partition coefficient (Wildman–Crippen LogP) is 1.82. The molecular weight excluding hydrogens is 194 g/mol. The molecule has 0 fully saturated rings. The fraction of sp³-hybridized carbons (Fsp3) is 0.273. The Balaban J connectivity index is 2.32. The molecule has 4 heteroatoms. The van der Waals surface area contributed by atoms with E-state index < -0.39 is 5.97 Å². The molecule has 0 aliphatic carbocycles. The molecule has 0 aromatic heterocycles. The van der Waals surface area contributed by atoms with E-state index in [4.69, 9.17) is 9.94 Å². The average Bonchev–Trinajstić information content (AvgIpc) is 2.20. The van der Waals surface area contributed by atoms with Crippen molar-refractivity contribution in [2.75, 3.05) is 6.61 Å². The van der Waals surface area contributed by atoms with Crippen molar-refractivity contribution < 1.29 is 14.7 Å². The molecule has 1 aromatic carbocycles. The smallest absolute Gasteiger partial charge is 0.306 e. The summed E-state index contributed by atoms with van der Waals surface area (Å²) >= 11 is 0. The third-order valence-electron chi connectivity index (χ3n) is 1.76. The van der Waals surface area contributed by atoms with Gasteiger partial charge in [-0.05, 0) is 12.5 Å². The third-order valence-corrected chi connectivity index (χ3v) is 1.76. The Morgan fingerprint density at radius 2 is 2.13 bits per heavy atom. The number of rotatable bonds is 5. The first-order valence-corrected chi connectivity index (χ1v) is 4.62. The Bertz CT molecular complexity index is 343. The molecule has 0 unspecified atom stereocenters. The molecule has 0 spiro atoms. The summed E-state index contributed by atoms with van der Waals surface area (Å²) in [4.78, 5) is 14.9. The number of hydrogen-bond donors (Lipinski definition) is 1. The van der Waals surface area contributed by atoms with Gasteiger partial charge in [-0.2, -0.15) is 0 Å². The molecule has 0 radical (unpaired) electrons. The van der Waals surface area contributed by atoms with Gasteiger partial charge in [-0.25, -0.2) is 0 Å². The Morgan fingerprint density at radius 1 is 1.47 bits per heavy atom. The lowest BCUT2D eigenvalue weighted by Crippen LogP contribution is -1.99. The highest BCUT2D eigenvalue weighted by molar-refractivity contribution is 5.79. The zero-order valence-electron chi connectivity index (χ0n) is 8.51. The van der Waals surface area contributed by atoms with Crippen molar-refractivity contribution in [3.05, 3.63) is 35.4 Å².